The number of alkyl halides is 1. The van der Waals surface area contributed by atoms with Gasteiger partial charge in [0.2, 0.25) is 10.0 Å². The van der Waals surface area contributed by atoms with Crippen molar-refractivity contribution in [2.75, 3.05) is 19.0 Å². The lowest BCUT2D eigenvalue weighted by Gasteiger charge is -2.31. The molecule has 3 nitrogen and oxygen atoms in total. The van der Waals surface area contributed by atoms with Crippen LogP contribution in [0.1, 0.15) is 19.3 Å². The molecule has 0 aliphatic carbocycles. The molecule has 21 heavy (non-hydrogen) atoms. The minimum Gasteiger partial charge on any atom is -0.207 e. The van der Waals surface area contributed by atoms with E-state index in [9.17, 15) is 12.8 Å². The second-order valence-corrected chi connectivity index (χ2v) is 8.09. The number of halogens is 4. The van der Waals surface area contributed by atoms with Crippen LogP contribution in [0.3, 0.4) is 0 Å². The smallest absolute Gasteiger partial charge is 0.207 e. The molecule has 0 bridgehead atoms. The van der Waals surface area contributed by atoms with Gasteiger partial charge in [0.15, 0.2) is 5.82 Å². The van der Waals surface area contributed by atoms with Gasteiger partial charge in [-0.15, -0.1) is 11.6 Å². The first-order valence-electron chi connectivity index (χ1n) is 6.57. The Morgan fingerprint density at radius 3 is 2.71 bits per heavy atom. The Hall–Kier alpha value is -0.0700. The number of benzene rings is 1. The molecule has 0 saturated carbocycles. The second-order valence-electron chi connectivity index (χ2n) is 5.02. The lowest BCUT2D eigenvalue weighted by molar-refractivity contribution is 0.262. The SMILES string of the molecule is O=S(=O)(c1ccc(Cl)c(F)c1Cl)N1CCCC(CCCl)C1. The summed E-state index contributed by atoms with van der Waals surface area (Å²) in [7, 11) is -3.82. The lowest BCUT2D eigenvalue weighted by atomic mass is 9.97. The third kappa shape index (κ3) is 3.64. The highest BCUT2D eigenvalue weighted by atomic mass is 35.5. The zero-order chi connectivity index (χ0) is 15.6. The quantitative estimate of drug-likeness (QED) is 0.586. The summed E-state index contributed by atoms with van der Waals surface area (Å²) in [4.78, 5) is -0.238. The zero-order valence-corrected chi connectivity index (χ0v) is 14.2. The Morgan fingerprint density at radius 2 is 2.05 bits per heavy atom. The summed E-state index contributed by atoms with van der Waals surface area (Å²) in [6.07, 6.45) is 2.46. The van der Waals surface area contributed by atoms with Gasteiger partial charge in [0.05, 0.1) is 10.0 Å². The molecule has 1 aromatic rings. The van der Waals surface area contributed by atoms with Crippen molar-refractivity contribution in [2.45, 2.75) is 24.2 Å². The van der Waals surface area contributed by atoms with Crippen molar-refractivity contribution in [3.05, 3.63) is 28.0 Å². The summed E-state index contributed by atoms with van der Waals surface area (Å²) < 4.78 is 40.3. The average Bonchev–Trinajstić information content (AvgIpc) is 2.45. The van der Waals surface area contributed by atoms with Gasteiger partial charge in [0, 0.05) is 19.0 Å². The van der Waals surface area contributed by atoms with E-state index in [1.807, 2.05) is 0 Å². The molecule has 0 radical (unpaired) electrons. The van der Waals surface area contributed by atoms with Crippen LogP contribution in [0, 0.1) is 11.7 Å². The summed E-state index contributed by atoms with van der Waals surface area (Å²) in [6.45, 7) is 0.789. The molecule has 118 valence electrons. The van der Waals surface area contributed by atoms with Crippen molar-refractivity contribution < 1.29 is 12.8 Å². The Bertz CT molecular complexity index is 622. The van der Waals surface area contributed by atoms with Crippen molar-refractivity contribution >= 4 is 44.8 Å². The molecular formula is C13H15Cl3FNO2S. The summed E-state index contributed by atoms with van der Waals surface area (Å²) in [5.74, 6) is -0.190. The van der Waals surface area contributed by atoms with E-state index >= 15 is 0 Å². The van der Waals surface area contributed by atoms with Crippen LogP contribution < -0.4 is 0 Å². The van der Waals surface area contributed by atoms with Crippen LogP contribution in [-0.4, -0.2) is 31.7 Å². The molecule has 8 heteroatoms. The van der Waals surface area contributed by atoms with Crippen LogP contribution in [-0.2, 0) is 10.0 Å². The summed E-state index contributed by atoms with van der Waals surface area (Å²) >= 11 is 17.1. The molecule has 1 heterocycles. The van der Waals surface area contributed by atoms with E-state index in [1.165, 1.54) is 16.4 Å². The molecule has 1 aliphatic rings. The van der Waals surface area contributed by atoms with Gasteiger partial charge in [0.25, 0.3) is 0 Å². The molecule has 0 aromatic heterocycles. The van der Waals surface area contributed by atoms with Crippen LogP contribution >= 0.6 is 34.8 Å². The molecule has 1 aromatic carbocycles. The molecule has 0 spiro atoms. The van der Waals surface area contributed by atoms with Gasteiger partial charge >= 0.3 is 0 Å². The summed E-state index contributed by atoms with van der Waals surface area (Å²) in [5.41, 5.74) is 0. The van der Waals surface area contributed by atoms with E-state index in [0.29, 0.717) is 19.0 Å². The van der Waals surface area contributed by atoms with Crippen LogP contribution in [0.15, 0.2) is 17.0 Å². The topological polar surface area (TPSA) is 37.4 Å². The highest BCUT2D eigenvalue weighted by molar-refractivity contribution is 7.89. The van der Waals surface area contributed by atoms with E-state index in [1.54, 1.807) is 0 Å². The third-order valence-corrected chi connectivity index (χ3v) is 6.52. The standard InChI is InChI=1S/C13H15Cl3FNO2S/c14-6-5-9-2-1-7-18(8-9)21(19,20)11-4-3-10(15)13(17)12(11)16/h3-4,9H,1-2,5-8H2. The number of sulfonamides is 1. The van der Waals surface area contributed by atoms with E-state index in [-0.39, 0.29) is 15.8 Å². The monoisotopic (exact) mass is 373 g/mol. The van der Waals surface area contributed by atoms with Crippen LogP contribution in [0.2, 0.25) is 10.0 Å². The number of rotatable bonds is 4. The largest absolute Gasteiger partial charge is 0.244 e. The highest BCUT2D eigenvalue weighted by Crippen LogP contribution is 2.33. The van der Waals surface area contributed by atoms with Crippen molar-refractivity contribution in [3.63, 3.8) is 0 Å². The van der Waals surface area contributed by atoms with Gasteiger partial charge in [-0.1, -0.05) is 23.2 Å². The predicted octanol–water partition coefficient (Wildman–Crippen LogP) is 4.16. The zero-order valence-electron chi connectivity index (χ0n) is 11.2. The Labute approximate surface area is 139 Å². The van der Waals surface area contributed by atoms with Crippen molar-refractivity contribution in [3.8, 4) is 0 Å². The molecule has 0 amide bonds. The first kappa shape index (κ1) is 17.3. The van der Waals surface area contributed by atoms with E-state index in [0.717, 1.165) is 19.3 Å². The van der Waals surface area contributed by atoms with Crippen LogP contribution in [0.4, 0.5) is 4.39 Å². The Morgan fingerprint density at radius 1 is 1.33 bits per heavy atom. The molecule has 1 aliphatic heterocycles. The second kappa shape index (κ2) is 7.01. The van der Waals surface area contributed by atoms with Gasteiger partial charge in [-0.05, 0) is 37.3 Å². The number of piperidine rings is 1. The number of hydrogen-bond donors (Lipinski definition) is 0. The maximum atomic E-state index is 13.7. The van der Waals surface area contributed by atoms with Crippen LogP contribution in [0.5, 0.6) is 0 Å². The maximum absolute atomic E-state index is 13.7. The van der Waals surface area contributed by atoms with Crippen LogP contribution in [0.25, 0.3) is 0 Å². The number of nitrogens with zero attached hydrogens (tertiary/aromatic N) is 1. The van der Waals surface area contributed by atoms with E-state index in [2.05, 4.69) is 0 Å². The van der Waals surface area contributed by atoms with Gasteiger partial charge < -0.3 is 0 Å². The minimum atomic E-state index is -3.82. The summed E-state index contributed by atoms with van der Waals surface area (Å²) in [5, 5.41) is -0.653. The molecule has 1 atom stereocenters. The average molecular weight is 375 g/mol. The fourth-order valence-electron chi connectivity index (χ4n) is 2.48. The molecule has 0 N–H and O–H groups in total. The molecular weight excluding hydrogens is 360 g/mol. The first-order valence-corrected chi connectivity index (χ1v) is 9.30. The predicted molar refractivity (Wildman–Crippen MR) is 83.2 cm³/mol. The van der Waals surface area contributed by atoms with Crippen molar-refractivity contribution in [2.24, 2.45) is 5.92 Å². The van der Waals surface area contributed by atoms with Gasteiger partial charge in [-0.3, -0.25) is 0 Å². The van der Waals surface area contributed by atoms with Crippen molar-refractivity contribution in [1.29, 1.82) is 0 Å². The molecule has 1 fully saturated rings. The highest BCUT2D eigenvalue weighted by Gasteiger charge is 2.32. The lowest BCUT2D eigenvalue weighted by Crippen LogP contribution is -2.40. The van der Waals surface area contributed by atoms with Crippen molar-refractivity contribution in [1.82, 2.24) is 4.31 Å². The van der Waals surface area contributed by atoms with Gasteiger partial charge in [0.1, 0.15) is 4.90 Å². The molecule has 1 saturated heterocycles. The normalized spacial score (nSPS) is 20.7. The minimum absolute atomic E-state index is 0.197. The summed E-state index contributed by atoms with van der Waals surface area (Å²) in [6, 6.07) is 2.45. The maximum Gasteiger partial charge on any atom is 0.244 e. The van der Waals surface area contributed by atoms with Gasteiger partial charge in [-0.2, -0.15) is 4.31 Å². The third-order valence-electron chi connectivity index (χ3n) is 3.62. The Balaban J connectivity index is 2.32. The fraction of sp³-hybridized carbons (Fsp3) is 0.538. The molecule has 2 rings (SSSR count). The first-order chi connectivity index (χ1) is 9.87. The molecule has 1 unspecified atom stereocenters. The van der Waals surface area contributed by atoms with E-state index in [4.69, 9.17) is 34.8 Å². The Kier molecular flexibility index (Phi) is 5.77. The van der Waals surface area contributed by atoms with Gasteiger partial charge in [-0.25, -0.2) is 12.8 Å². The number of hydrogen-bond acceptors (Lipinski definition) is 2. The van der Waals surface area contributed by atoms with E-state index < -0.39 is 20.9 Å². The fourth-order valence-corrected chi connectivity index (χ4v) is 5.06.